The quantitative estimate of drug-likeness (QED) is 0.480. The van der Waals surface area contributed by atoms with E-state index in [4.69, 9.17) is 0 Å². The summed E-state index contributed by atoms with van der Waals surface area (Å²) in [5, 5.41) is 11.3. The van der Waals surface area contributed by atoms with E-state index in [1.807, 2.05) is 39.0 Å². The summed E-state index contributed by atoms with van der Waals surface area (Å²) in [5.74, 6) is -0.153. The van der Waals surface area contributed by atoms with Gasteiger partial charge in [0.15, 0.2) is 5.78 Å². The minimum atomic E-state index is -0.413. The van der Waals surface area contributed by atoms with Gasteiger partial charge in [-0.3, -0.25) is 14.9 Å². The van der Waals surface area contributed by atoms with Crippen LogP contribution in [-0.2, 0) is 0 Å². The first-order chi connectivity index (χ1) is 10.2. The van der Waals surface area contributed by atoms with E-state index < -0.39 is 4.92 Å². The number of hydrogen-bond acceptors (Lipinski definition) is 3. The Balaban J connectivity index is 2.72. The van der Waals surface area contributed by atoms with Crippen LogP contribution in [0.5, 0.6) is 0 Å². The smallest absolute Gasteiger partial charge is 0.275 e. The van der Waals surface area contributed by atoms with Crippen LogP contribution >= 0.6 is 0 Å². The Morgan fingerprint density at radius 2 is 1.59 bits per heavy atom. The Labute approximate surface area is 129 Å². The maximum Gasteiger partial charge on any atom is 0.275 e. The molecule has 2 rings (SSSR count). The summed E-state index contributed by atoms with van der Waals surface area (Å²) in [4.78, 5) is 23.8. The normalized spacial score (nSPS) is 10.6. The predicted octanol–water partition coefficient (Wildman–Crippen LogP) is 4.37. The van der Waals surface area contributed by atoms with Gasteiger partial charge in [0.05, 0.1) is 4.92 Å². The second-order valence-electron chi connectivity index (χ2n) is 5.76. The van der Waals surface area contributed by atoms with Gasteiger partial charge < -0.3 is 0 Å². The van der Waals surface area contributed by atoms with Crippen molar-refractivity contribution in [3.8, 4) is 0 Å². The van der Waals surface area contributed by atoms with Crippen LogP contribution < -0.4 is 0 Å². The zero-order valence-corrected chi connectivity index (χ0v) is 13.5. The molecule has 0 saturated carbocycles. The molecule has 0 amide bonds. The molecule has 0 fully saturated rings. The van der Waals surface area contributed by atoms with Crippen molar-refractivity contribution >= 4 is 11.5 Å². The maximum absolute atomic E-state index is 12.9. The largest absolute Gasteiger partial charge is 0.289 e. The number of benzene rings is 2. The predicted molar refractivity (Wildman–Crippen MR) is 86.7 cm³/mol. The van der Waals surface area contributed by atoms with Gasteiger partial charge in [-0.2, -0.15) is 0 Å². The highest BCUT2D eigenvalue weighted by molar-refractivity contribution is 6.12. The molecule has 0 spiro atoms. The van der Waals surface area contributed by atoms with E-state index in [1.54, 1.807) is 19.9 Å². The van der Waals surface area contributed by atoms with Crippen molar-refractivity contribution in [1.29, 1.82) is 0 Å². The van der Waals surface area contributed by atoms with Crippen LogP contribution in [0.3, 0.4) is 0 Å². The lowest BCUT2D eigenvalue weighted by Gasteiger charge is -2.13. The number of hydrogen-bond donors (Lipinski definition) is 0. The van der Waals surface area contributed by atoms with Crippen LogP contribution in [0.4, 0.5) is 5.69 Å². The Kier molecular flexibility index (Phi) is 4.13. The molecule has 22 heavy (non-hydrogen) atoms. The van der Waals surface area contributed by atoms with E-state index in [1.165, 1.54) is 0 Å². The SMILES string of the molecule is Cc1ccc(C)c(C(=O)c2c(C)cc(C)c([N+](=O)[O-])c2C)c1. The Bertz CT molecular complexity index is 791. The lowest BCUT2D eigenvalue weighted by atomic mass is 9.89. The van der Waals surface area contributed by atoms with Crippen LogP contribution in [0.15, 0.2) is 24.3 Å². The fraction of sp³-hybridized carbons (Fsp3) is 0.278. The van der Waals surface area contributed by atoms with Crippen molar-refractivity contribution in [3.05, 3.63) is 73.3 Å². The van der Waals surface area contributed by atoms with Crippen LogP contribution in [0.2, 0.25) is 0 Å². The van der Waals surface area contributed by atoms with E-state index in [2.05, 4.69) is 0 Å². The van der Waals surface area contributed by atoms with Crippen molar-refractivity contribution in [1.82, 2.24) is 0 Å². The van der Waals surface area contributed by atoms with Crippen molar-refractivity contribution in [2.45, 2.75) is 34.6 Å². The van der Waals surface area contributed by atoms with Crippen molar-refractivity contribution in [2.24, 2.45) is 0 Å². The third kappa shape index (κ3) is 2.64. The van der Waals surface area contributed by atoms with Gasteiger partial charge >= 0.3 is 0 Å². The van der Waals surface area contributed by atoms with Crippen molar-refractivity contribution in [2.75, 3.05) is 0 Å². The highest BCUT2D eigenvalue weighted by Gasteiger charge is 2.25. The average molecular weight is 297 g/mol. The number of nitro groups is 1. The summed E-state index contributed by atoms with van der Waals surface area (Å²) in [6, 6.07) is 7.39. The fourth-order valence-corrected chi connectivity index (χ4v) is 2.92. The van der Waals surface area contributed by atoms with Gasteiger partial charge in [-0.1, -0.05) is 17.7 Å². The first kappa shape index (κ1) is 15.9. The van der Waals surface area contributed by atoms with E-state index >= 15 is 0 Å². The molecule has 114 valence electrons. The van der Waals surface area contributed by atoms with Crippen LogP contribution in [0.25, 0.3) is 0 Å². The molecular formula is C18H19NO3. The summed E-state index contributed by atoms with van der Waals surface area (Å²) < 4.78 is 0. The van der Waals surface area contributed by atoms with Gasteiger partial charge in [0, 0.05) is 22.3 Å². The summed E-state index contributed by atoms with van der Waals surface area (Å²) in [5.41, 5.74) is 4.72. The molecule has 0 atom stereocenters. The standard InChI is InChI=1S/C18H19NO3/c1-10-6-7-11(2)15(8-10)18(20)16-12(3)9-13(4)17(14(16)5)19(21)22/h6-9H,1-5H3. The molecule has 0 N–H and O–H groups in total. The number of ketones is 1. The highest BCUT2D eigenvalue weighted by Crippen LogP contribution is 2.31. The first-order valence-electron chi connectivity index (χ1n) is 7.11. The lowest BCUT2D eigenvalue weighted by molar-refractivity contribution is -0.386. The average Bonchev–Trinajstić information content (AvgIpc) is 2.40. The molecule has 2 aromatic rings. The van der Waals surface area contributed by atoms with Crippen molar-refractivity contribution < 1.29 is 9.72 Å². The second-order valence-corrected chi connectivity index (χ2v) is 5.76. The van der Waals surface area contributed by atoms with E-state index in [0.717, 1.165) is 16.7 Å². The molecule has 0 heterocycles. The second kappa shape index (κ2) is 5.72. The van der Waals surface area contributed by atoms with Gasteiger partial charge in [0.2, 0.25) is 0 Å². The Hall–Kier alpha value is -2.49. The number of aryl methyl sites for hydroxylation is 4. The minimum absolute atomic E-state index is 0.0271. The number of nitrogens with zero attached hydrogens (tertiary/aromatic N) is 1. The van der Waals surface area contributed by atoms with Crippen molar-refractivity contribution in [3.63, 3.8) is 0 Å². The van der Waals surface area contributed by atoms with Gasteiger partial charge in [-0.05, 0) is 57.9 Å². The fourth-order valence-electron chi connectivity index (χ4n) is 2.92. The number of carbonyl (C=O) groups is 1. The highest BCUT2D eigenvalue weighted by atomic mass is 16.6. The van der Waals surface area contributed by atoms with Crippen LogP contribution in [0.1, 0.15) is 43.7 Å². The molecule has 0 radical (unpaired) electrons. The van der Waals surface area contributed by atoms with E-state index in [0.29, 0.717) is 22.3 Å². The summed E-state index contributed by atoms with van der Waals surface area (Å²) >= 11 is 0. The summed E-state index contributed by atoms with van der Waals surface area (Å²) in [6.07, 6.45) is 0. The molecular weight excluding hydrogens is 278 g/mol. The molecule has 0 saturated heterocycles. The number of rotatable bonds is 3. The Morgan fingerprint density at radius 3 is 2.18 bits per heavy atom. The third-order valence-electron chi connectivity index (χ3n) is 3.98. The number of carbonyl (C=O) groups excluding carboxylic acids is 1. The van der Waals surface area contributed by atoms with Crippen LogP contribution in [-0.4, -0.2) is 10.7 Å². The van der Waals surface area contributed by atoms with E-state index in [-0.39, 0.29) is 11.5 Å². The van der Waals surface area contributed by atoms with Gasteiger partial charge in [-0.25, -0.2) is 0 Å². The molecule has 0 bridgehead atoms. The molecule has 4 nitrogen and oxygen atoms in total. The molecule has 2 aromatic carbocycles. The Morgan fingerprint density at radius 1 is 0.955 bits per heavy atom. The van der Waals surface area contributed by atoms with Gasteiger partial charge in [0.25, 0.3) is 5.69 Å². The minimum Gasteiger partial charge on any atom is -0.289 e. The molecule has 0 aromatic heterocycles. The van der Waals surface area contributed by atoms with Gasteiger partial charge in [0.1, 0.15) is 0 Å². The maximum atomic E-state index is 12.9. The van der Waals surface area contributed by atoms with Gasteiger partial charge in [-0.15, -0.1) is 0 Å². The lowest BCUT2D eigenvalue weighted by Crippen LogP contribution is -2.11. The third-order valence-corrected chi connectivity index (χ3v) is 3.98. The molecule has 0 aliphatic heterocycles. The molecule has 0 aliphatic carbocycles. The summed E-state index contributed by atoms with van der Waals surface area (Å²) in [7, 11) is 0. The zero-order chi connectivity index (χ0) is 16.6. The molecule has 0 aliphatic rings. The molecule has 0 unspecified atom stereocenters. The molecule has 4 heteroatoms. The van der Waals surface area contributed by atoms with Crippen LogP contribution in [0, 0.1) is 44.7 Å². The first-order valence-corrected chi connectivity index (χ1v) is 7.11. The number of nitro benzene ring substituents is 1. The summed E-state index contributed by atoms with van der Waals surface area (Å²) in [6.45, 7) is 8.97. The zero-order valence-electron chi connectivity index (χ0n) is 13.5. The monoisotopic (exact) mass is 297 g/mol. The topological polar surface area (TPSA) is 60.2 Å². The van der Waals surface area contributed by atoms with E-state index in [9.17, 15) is 14.9 Å².